The standard InChI is InChI=1S/C24H27NO4/c1-5-20-15(2)21-12-18-13-25(10-9-17-7-6-8-19(11-17)27-4)14-28-22(18)16(3)23(21)29-24(20)26/h6-8,11-12H,5,9-10,13-14H2,1-4H3. The van der Waals surface area contributed by atoms with Gasteiger partial charge in [-0.15, -0.1) is 0 Å². The summed E-state index contributed by atoms with van der Waals surface area (Å²) in [6, 6.07) is 10.3. The van der Waals surface area contributed by atoms with Gasteiger partial charge in [0.25, 0.3) is 0 Å². The van der Waals surface area contributed by atoms with Crippen LogP contribution in [0.4, 0.5) is 0 Å². The lowest BCUT2D eigenvalue weighted by Crippen LogP contribution is -2.34. The Labute approximate surface area is 170 Å². The molecule has 0 bridgehead atoms. The van der Waals surface area contributed by atoms with E-state index in [9.17, 15) is 4.79 Å². The molecule has 4 rings (SSSR count). The van der Waals surface area contributed by atoms with Crippen LogP contribution < -0.4 is 15.1 Å². The van der Waals surface area contributed by atoms with Gasteiger partial charge in [-0.2, -0.15) is 0 Å². The van der Waals surface area contributed by atoms with E-state index in [0.29, 0.717) is 18.7 Å². The lowest BCUT2D eigenvalue weighted by molar-refractivity contribution is 0.0959. The first-order valence-electron chi connectivity index (χ1n) is 10.1. The van der Waals surface area contributed by atoms with Gasteiger partial charge in [0.05, 0.1) is 7.11 Å². The summed E-state index contributed by atoms with van der Waals surface area (Å²) in [7, 11) is 1.69. The first-order valence-corrected chi connectivity index (χ1v) is 10.1. The number of aryl methyl sites for hydroxylation is 2. The quantitative estimate of drug-likeness (QED) is 0.602. The highest BCUT2D eigenvalue weighted by atomic mass is 16.5. The maximum Gasteiger partial charge on any atom is 0.339 e. The van der Waals surface area contributed by atoms with E-state index in [4.69, 9.17) is 13.9 Å². The zero-order valence-electron chi connectivity index (χ0n) is 17.5. The maximum atomic E-state index is 12.3. The van der Waals surface area contributed by atoms with Crippen molar-refractivity contribution >= 4 is 11.0 Å². The molecule has 0 spiro atoms. The minimum absolute atomic E-state index is 0.240. The molecule has 5 nitrogen and oxygen atoms in total. The highest BCUT2D eigenvalue weighted by Crippen LogP contribution is 2.36. The fourth-order valence-corrected chi connectivity index (χ4v) is 4.16. The molecule has 0 aliphatic carbocycles. The Kier molecular flexibility index (Phi) is 5.33. The van der Waals surface area contributed by atoms with E-state index in [-0.39, 0.29) is 5.63 Å². The molecule has 1 aromatic heterocycles. The Hall–Kier alpha value is -2.79. The van der Waals surface area contributed by atoms with E-state index in [2.05, 4.69) is 23.1 Å². The number of nitrogens with zero attached hydrogens (tertiary/aromatic N) is 1. The van der Waals surface area contributed by atoms with Gasteiger partial charge in [0.1, 0.15) is 23.8 Å². The third-order valence-corrected chi connectivity index (χ3v) is 5.82. The van der Waals surface area contributed by atoms with Crippen LogP contribution in [0.2, 0.25) is 0 Å². The molecule has 0 radical (unpaired) electrons. The Morgan fingerprint density at radius 1 is 1.17 bits per heavy atom. The number of ether oxygens (including phenoxy) is 2. The van der Waals surface area contributed by atoms with Crippen LogP contribution in [0.25, 0.3) is 11.0 Å². The van der Waals surface area contributed by atoms with Crippen LogP contribution in [0.3, 0.4) is 0 Å². The average molecular weight is 393 g/mol. The van der Waals surface area contributed by atoms with Gasteiger partial charge in [0.15, 0.2) is 0 Å². The van der Waals surface area contributed by atoms with E-state index < -0.39 is 0 Å². The van der Waals surface area contributed by atoms with Gasteiger partial charge in [-0.3, -0.25) is 4.90 Å². The first-order chi connectivity index (χ1) is 14.0. The lowest BCUT2D eigenvalue weighted by atomic mass is 9.98. The molecule has 2 heterocycles. The van der Waals surface area contributed by atoms with Crippen LogP contribution in [-0.2, 0) is 19.4 Å². The van der Waals surface area contributed by atoms with Crippen LogP contribution in [-0.4, -0.2) is 25.3 Å². The summed E-state index contributed by atoms with van der Waals surface area (Å²) in [6.07, 6.45) is 1.60. The molecule has 0 amide bonds. The molecule has 0 atom stereocenters. The molecule has 5 heteroatoms. The molecule has 0 saturated carbocycles. The minimum atomic E-state index is -0.240. The second-order valence-electron chi connectivity index (χ2n) is 7.64. The van der Waals surface area contributed by atoms with Gasteiger partial charge < -0.3 is 13.9 Å². The van der Waals surface area contributed by atoms with Gasteiger partial charge in [0.2, 0.25) is 0 Å². The average Bonchev–Trinajstić information content (AvgIpc) is 2.74. The van der Waals surface area contributed by atoms with E-state index in [1.54, 1.807) is 7.11 Å². The highest BCUT2D eigenvalue weighted by molar-refractivity contribution is 5.87. The largest absolute Gasteiger partial charge is 0.497 e. The van der Waals surface area contributed by atoms with Crippen LogP contribution in [0.15, 0.2) is 39.5 Å². The number of fused-ring (bicyclic) bond motifs is 2. The summed E-state index contributed by atoms with van der Waals surface area (Å²) in [5, 5.41) is 1.01. The summed E-state index contributed by atoms with van der Waals surface area (Å²) in [5.41, 5.74) is 5.47. The second kappa shape index (κ2) is 7.91. The molecule has 0 saturated heterocycles. The van der Waals surface area contributed by atoms with Crippen LogP contribution in [0.5, 0.6) is 11.5 Å². The second-order valence-corrected chi connectivity index (χ2v) is 7.64. The minimum Gasteiger partial charge on any atom is -0.497 e. The molecule has 29 heavy (non-hydrogen) atoms. The zero-order chi connectivity index (χ0) is 20.5. The topological polar surface area (TPSA) is 51.9 Å². The normalized spacial score (nSPS) is 13.9. The number of methoxy groups -OCH3 is 1. The molecule has 3 aromatic rings. The predicted octanol–water partition coefficient (Wildman–Crippen LogP) is 4.38. The first kappa shape index (κ1) is 19.5. The van der Waals surface area contributed by atoms with Crippen LogP contribution >= 0.6 is 0 Å². The number of benzene rings is 2. The molecule has 1 aliphatic heterocycles. The summed E-state index contributed by atoms with van der Waals surface area (Å²) in [5.74, 6) is 1.73. The van der Waals surface area contributed by atoms with Crippen LogP contribution in [0, 0.1) is 13.8 Å². The van der Waals surface area contributed by atoms with Gasteiger partial charge in [-0.25, -0.2) is 4.79 Å². The van der Waals surface area contributed by atoms with Crippen molar-refractivity contribution in [2.75, 3.05) is 20.4 Å². The van der Waals surface area contributed by atoms with Gasteiger partial charge in [0, 0.05) is 35.2 Å². The fourth-order valence-electron chi connectivity index (χ4n) is 4.16. The fraction of sp³-hybridized carbons (Fsp3) is 0.375. The molecule has 0 N–H and O–H groups in total. The van der Waals surface area contributed by atoms with Crippen molar-refractivity contribution in [2.45, 2.75) is 40.2 Å². The molecule has 1 aliphatic rings. The summed E-state index contributed by atoms with van der Waals surface area (Å²) in [6.45, 7) is 8.21. The van der Waals surface area contributed by atoms with Crippen molar-refractivity contribution < 1.29 is 13.9 Å². The Morgan fingerprint density at radius 3 is 2.76 bits per heavy atom. The molecule has 2 aromatic carbocycles. The SMILES string of the molecule is CCc1c(C)c2cc3c(c(C)c2oc1=O)OCN(CCc1cccc(OC)c1)C3. The van der Waals surface area contributed by atoms with Crippen molar-refractivity contribution in [3.8, 4) is 11.5 Å². The monoisotopic (exact) mass is 393 g/mol. The third-order valence-electron chi connectivity index (χ3n) is 5.82. The Balaban J connectivity index is 1.60. The smallest absolute Gasteiger partial charge is 0.339 e. The van der Waals surface area contributed by atoms with Crippen molar-refractivity contribution in [3.05, 3.63) is 68.6 Å². The van der Waals surface area contributed by atoms with Crippen LogP contribution in [0.1, 0.15) is 34.7 Å². The van der Waals surface area contributed by atoms with Crippen molar-refractivity contribution in [2.24, 2.45) is 0 Å². The van der Waals surface area contributed by atoms with E-state index in [1.807, 2.05) is 32.9 Å². The Bertz CT molecular complexity index is 1120. The van der Waals surface area contributed by atoms with E-state index in [1.165, 1.54) is 5.56 Å². The molecule has 152 valence electrons. The summed E-state index contributed by atoms with van der Waals surface area (Å²) >= 11 is 0. The molecular weight excluding hydrogens is 366 g/mol. The van der Waals surface area contributed by atoms with E-state index >= 15 is 0 Å². The van der Waals surface area contributed by atoms with Gasteiger partial charge in [-0.05, 0) is 56.0 Å². The third kappa shape index (κ3) is 3.62. The summed E-state index contributed by atoms with van der Waals surface area (Å²) < 4.78 is 17.1. The number of hydrogen-bond donors (Lipinski definition) is 0. The molecule has 0 fully saturated rings. The van der Waals surface area contributed by atoms with Crippen molar-refractivity contribution in [3.63, 3.8) is 0 Å². The predicted molar refractivity (Wildman–Crippen MR) is 114 cm³/mol. The zero-order valence-corrected chi connectivity index (χ0v) is 17.5. The van der Waals surface area contributed by atoms with Gasteiger partial charge in [-0.1, -0.05) is 19.1 Å². The van der Waals surface area contributed by atoms with Gasteiger partial charge >= 0.3 is 5.63 Å². The summed E-state index contributed by atoms with van der Waals surface area (Å²) in [4.78, 5) is 14.6. The molecule has 0 unspecified atom stereocenters. The highest BCUT2D eigenvalue weighted by Gasteiger charge is 2.23. The van der Waals surface area contributed by atoms with Crippen molar-refractivity contribution in [1.82, 2.24) is 4.90 Å². The molecular formula is C24H27NO4. The number of rotatable bonds is 5. The number of hydrogen-bond acceptors (Lipinski definition) is 5. The Morgan fingerprint density at radius 2 is 2.00 bits per heavy atom. The van der Waals surface area contributed by atoms with E-state index in [0.717, 1.165) is 58.6 Å². The van der Waals surface area contributed by atoms with Crippen molar-refractivity contribution in [1.29, 1.82) is 0 Å². The maximum absolute atomic E-state index is 12.3. The lowest BCUT2D eigenvalue weighted by Gasteiger charge is -2.30.